The molecule has 0 saturated carbocycles. The molecule has 0 fully saturated rings. The molecule has 0 saturated heterocycles. The van der Waals surface area contributed by atoms with Crippen molar-refractivity contribution in [2.45, 2.75) is 107 Å². The highest BCUT2D eigenvalue weighted by molar-refractivity contribution is 5.81. The first-order valence-electron chi connectivity index (χ1n) is 12.9. The molecule has 0 aliphatic heterocycles. The third kappa shape index (κ3) is 9.74. The van der Waals surface area contributed by atoms with E-state index < -0.39 is 52.4 Å². The second kappa shape index (κ2) is 12.7. The molecule has 0 bridgehead atoms. The quantitative estimate of drug-likeness (QED) is 0.333. The number of ether oxygens (including phenoxy) is 4. The first kappa shape index (κ1) is 33.1. The van der Waals surface area contributed by atoms with Crippen LogP contribution in [0.5, 0.6) is 11.5 Å². The lowest BCUT2D eigenvalue weighted by atomic mass is 9.90. The van der Waals surface area contributed by atoms with E-state index in [1.54, 1.807) is 75.3 Å². The van der Waals surface area contributed by atoms with Gasteiger partial charge in [-0.25, -0.2) is 0 Å². The van der Waals surface area contributed by atoms with Crippen molar-refractivity contribution in [1.82, 2.24) is 0 Å². The lowest BCUT2D eigenvalue weighted by Gasteiger charge is -2.27. The number of esters is 4. The van der Waals surface area contributed by atoms with Gasteiger partial charge in [0.2, 0.25) is 0 Å². The van der Waals surface area contributed by atoms with Crippen LogP contribution in [-0.4, -0.2) is 42.1 Å². The lowest BCUT2D eigenvalue weighted by molar-refractivity contribution is -0.172. The molecule has 1 unspecified atom stereocenters. The van der Waals surface area contributed by atoms with Crippen LogP contribution in [0.4, 0.5) is 0 Å². The SMILES string of the molecule is CCC(C)(C)C(=O)OC(C)[C@H](C)OC(=O)[C@@H](N)Cc1ccc(OC(=O)C(C)(C)C)c(OC(=O)C(C)(C)C)c1. The Morgan fingerprint density at radius 2 is 1.24 bits per heavy atom. The van der Waals surface area contributed by atoms with Gasteiger partial charge in [-0.3, -0.25) is 19.2 Å². The van der Waals surface area contributed by atoms with Crippen LogP contribution >= 0.6 is 0 Å². The van der Waals surface area contributed by atoms with Gasteiger partial charge in [0, 0.05) is 0 Å². The molecule has 0 spiro atoms. The van der Waals surface area contributed by atoms with Crippen molar-refractivity contribution in [2.75, 3.05) is 0 Å². The smallest absolute Gasteiger partial charge is 0.323 e. The summed E-state index contributed by atoms with van der Waals surface area (Å²) in [6.07, 6.45) is -0.702. The van der Waals surface area contributed by atoms with Gasteiger partial charge in [-0.15, -0.1) is 0 Å². The molecule has 1 aromatic carbocycles. The van der Waals surface area contributed by atoms with Crippen molar-refractivity contribution in [1.29, 1.82) is 0 Å². The first-order valence-corrected chi connectivity index (χ1v) is 12.9. The van der Waals surface area contributed by atoms with Crippen LogP contribution in [0.3, 0.4) is 0 Å². The van der Waals surface area contributed by atoms with E-state index in [0.717, 1.165) is 0 Å². The average Bonchev–Trinajstić information content (AvgIpc) is 2.78. The van der Waals surface area contributed by atoms with Gasteiger partial charge in [-0.2, -0.15) is 0 Å². The molecule has 1 aromatic rings. The number of carbonyl (C=O) groups is 4. The molecule has 0 radical (unpaired) electrons. The Balaban J connectivity index is 3.01. The fourth-order valence-corrected chi connectivity index (χ4v) is 2.62. The molecule has 38 heavy (non-hydrogen) atoms. The topological polar surface area (TPSA) is 131 Å². The summed E-state index contributed by atoms with van der Waals surface area (Å²) in [6, 6.07) is 3.61. The van der Waals surface area contributed by atoms with Crippen LogP contribution < -0.4 is 15.2 Å². The summed E-state index contributed by atoms with van der Waals surface area (Å²) in [7, 11) is 0. The van der Waals surface area contributed by atoms with Crippen molar-refractivity contribution in [3.05, 3.63) is 23.8 Å². The van der Waals surface area contributed by atoms with Crippen LogP contribution in [0.15, 0.2) is 18.2 Å². The highest BCUT2D eigenvalue weighted by Crippen LogP contribution is 2.33. The molecule has 0 aliphatic carbocycles. The molecule has 214 valence electrons. The number of rotatable bonds is 10. The van der Waals surface area contributed by atoms with E-state index in [4.69, 9.17) is 24.7 Å². The summed E-state index contributed by atoms with van der Waals surface area (Å²) < 4.78 is 22.0. The maximum absolute atomic E-state index is 12.7. The highest BCUT2D eigenvalue weighted by atomic mass is 16.6. The van der Waals surface area contributed by atoms with Crippen LogP contribution in [-0.2, 0) is 35.1 Å². The summed E-state index contributed by atoms with van der Waals surface area (Å²) in [5.41, 5.74) is 4.46. The zero-order chi connectivity index (χ0) is 29.6. The predicted molar refractivity (Wildman–Crippen MR) is 143 cm³/mol. The molecule has 0 aliphatic rings. The monoisotopic (exact) mass is 535 g/mol. The molecular weight excluding hydrogens is 490 g/mol. The normalized spacial score (nSPS) is 14.6. The van der Waals surface area contributed by atoms with E-state index in [9.17, 15) is 19.2 Å². The Kier molecular flexibility index (Phi) is 11.1. The number of benzene rings is 1. The zero-order valence-corrected chi connectivity index (χ0v) is 24.7. The molecule has 1 rings (SSSR count). The summed E-state index contributed by atoms with van der Waals surface area (Å²) in [5.74, 6) is -1.93. The van der Waals surface area contributed by atoms with E-state index >= 15 is 0 Å². The second-order valence-corrected chi connectivity index (χ2v) is 12.4. The van der Waals surface area contributed by atoms with E-state index in [2.05, 4.69) is 0 Å². The third-order valence-electron chi connectivity index (χ3n) is 6.09. The zero-order valence-electron chi connectivity index (χ0n) is 24.7. The van der Waals surface area contributed by atoms with Crippen molar-refractivity contribution < 1.29 is 38.1 Å². The molecule has 2 N–H and O–H groups in total. The van der Waals surface area contributed by atoms with E-state index in [1.807, 2.05) is 6.92 Å². The molecule has 3 atom stereocenters. The van der Waals surface area contributed by atoms with Crippen LogP contribution in [0.2, 0.25) is 0 Å². The average molecular weight is 536 g/mol. The van der Waals surface area contributed by atoms with Gasteiger partial charge in [0.05, 0.1) is 16.2 Å². The Morgan fingerprint density at radius 1 is 0.763 bits per heavy atom. The molecular formula is C29H45NO8. The molecule has 0 aromatic heterocycles. The van der Waals surface area contributed by atoms with E-state index in [-0.39, 0.29) is 23.9 Å². The largest absolute Gasteiger partial charge is 0.458 e. The Labute approximate surface area is 226 Å². The Hall–Kier alpha value is -2.94. The van der Waals surface area contributed by atoms with Crippen molar-refractivity contribution >= 4 is 23.9 Å². The standard InChI is InChI=1S/C29H45NO8/c1-12-29(10,11)26(34)36-18(3)17(2)35-23(31)20(30)15-19-13-14-21(37-24(32)27(4,5)6)22(16-19)38-25(33)28(7,8)9/h13-14,16-18,20H,12,15,30H2,1-11H3/t17-,18?,20-/m0/s1. The lowest BCUT2D eigenvalue weighted by Crippen LogP contribution is -2.40. The third-order valence-corrected chi connectivity index (χ3v) is 6.09. The minimum Gasteiger partial charge on any atom is -0.458 e. The maximum atomic E-state index is 12.7. The Bertz CT molecular complexity index is 1020. The Morgan fingerprint density at radius 3 is 1.71 bits per heavy atom. The van der Waals surface area contributed by atoms with E-state index in [0.29, 0.717) is 12.0 Å². The maximum Gasteiger partial charge on any atom is 0.323 e. The van der Waals surface area contributed by atoms with Crippen LogP contribution in [0, 0.1) is 16.2 Å². The minimum atomic E-state index is -1.04. The van der Waals surface area contributed by atoms with E-state index in [1.165, 1.54) is 12.1 Å². The van der Waals surface area contributed by atoms with Gasteiger partial charge >= 0.3 is 23.9 Å². The summed E-state index contributed by atoms with van der Waals surface area (Å²) in [5, 5.41) is 0. The summed E-state index contributed by atoms with van der Waals surface area (Å²) in [6.45, 7) is 19.0. The summed E-state index contributed by atoms with van der Waals surface area (Å²) in [4.78, 5) is 50.0. The fraction of sp³-hybridized carbons (Fsp3) is 0.655. The van der Waals surface area contributed by atoms with Gasteiger partial charge in [0.15, 0.2) is 11.5 Å². The summed E-state index contributed by atoms with van der Waals surface area (Å²) >= 11 is 0. The van der Waals surface area contributed by atoms with Gasteiger partial charge in [-0.1, -0.05) is 13.0 Å². The van der Waals surface area contributed by atoms with Gasteiger partial charge < -0.3 is 24.7 Å². The molecule has 0 heterocycles. The predicted octanol–water partition coefficient (Wildman–Crippen LogP) is 4.76. The highest BCUT2D eigenvalue weighted by Gasteiger charge is 2.32. The fourth-order valence-electron chi connectivity index (χ4n) is 2.62. The van der Waals surface area contributed by atoms with Crippen LogP contribution in [0.25, 0.3) is 0 Å². The molecule has 9 heteroatoms. The van der Waals surface area contributed by atoms with Crippen LogP contribution in [0.1, 0.15) is 88.1 Å². The number of nitrogens with two attached hydrogens (primary N) is 1. The second-order valence-electron chi connectivity index (χ2n) is 12.4. The minimum absolute atomic E-state index is 0.0491. The van der Waals surface area contributed by atoms with Crippen molar-refractivity contribution in [3.8, 4) is 11.5 Å². The van der Waals surface area contributed by atoms with Gasteiger partial charge in [0.25, 0.3) is 0 Å². The molecule has 0 amide bonds. The van der Waals surface area contributed by atoms with Crippen molar-refractivity contribution in [2.24, 2.45) is 22.0 Å². The number of carbonyl (C=O) groups excluding carboxylic acids is 4. The molecule has 9 nitrogen and oxygen atoms in total. The first-order chi connectivity index (χ1) is 17.2. The van der Waals surface area contributed by atoms with Gasteiger partial charge in [0.1, 0.15) is 18.2 Å². The van der Waals surface area contributed by atoms with Gasteiger partial charge in [-0.05, 0) is 99.8 Å². The number of hydrogen-bond acceptors (Lipinski definition) is 9. The van der Waals surface area contributed by atoms with Crippen molar-refractivity contribution in [3.63, 3.8) is 0 Å². The number of hydrogen-bond donors (Lipinski definition) is 1.